The molecule has 0 saturated carbocycles. The van der Waals surface area contributed by atoms with Crippen molar-refractivity contribution in [2.45, 2.75) is 19.8 Å². The first kappa shape index (κ1) is 21.4. The van der Waals surface area contributed by atoms with Gasteiger partial charge in [0.1, 0.15) is 0 Å². The molecule has 0 bridgehead atoms. The van der Waals surface area contributed by atoms with E-state index in [0.29, 0.717) is 34.7 Å². The zero-order valence-electron chi connectivity index (χ0n) is 18.2. The minimum Gasteiger partial charge on any atom is -0.493 e. The van der Waals surface area contributed by atoms with Crippen LogP contribution in [0.25, 0.3) is 22.2 Å². The Morgan fingerprint density at radius 1 is 0.969 bits per heavy atom. The van der Waals surface area contributed by atoms with Gasteiger partial charge in [-0.3, -0.25) is 0 Å². The zero-order chi connectivity index (χ0) is 22.5. The minimum absolute atomic E-state index is 0.230. The third kappa shape index (κ3) is 4.72. The van der Waals surface area contributed by atoms with Crippen molar-refractivity contribution in [2.24, 2.45) is 0 Å². The van der Waals surface area contributed by atoms with E-state index in [1.54, 1.807) is 13.2 Å². The molecule has 0 aliphatic rings. The molecule has 162 valence electrons. The Morgan fingerprint density at radius 3 is 2.53 bits per heavy atom. The first-order chi connectivity index (χ1) is 15.5. The van der Waals surface area contributed by atoms with Crippen LogP contribution in [0.15, 0.2) is 72.8 Å². The minimum atomic E-state index is -0.977. The summed E-state index contributed by atoms with van der Waals surface area (Å²) in [5.74, 6) is 0.263. The molecule has 4 rings (SSSR count). The second kappa shape index (κ2) is 9.52. The lowest BCUT2D eigenvalue weighted by atomic mass is 10.0. The molecular weight excluding hydrogens is 402 g/mol. The summed E-state index contributed by atoms with van der Waals surface area (Å²) in [7, 11) is 1.59. The standard InChI is InChI=1S/C27H25NO4/c1-18-10-12-23-21(15-18)22(27(29)30)17-24(28-23)20-11-13-25(26(16-20)31-2)32-14-6-9-19-7-4-3-5-8-19/h3-5,7-8,10-13,15-17H,6,9,14H2,1-2H3,(H,29,30). The molecule has 1 heterocycles. The van der Waals surface area contributed by atoms with Crippen molar-refractivity contribution < 1.29 is 19.4 Å². The first-order valence-electron chi connectivity index (χ1n) is 10.5. The number of hydrogen-bond donors (Lipinski definition) is 1. The Balaban J connectivity index is 1.56. The molecule has 32 heavy (non-hydrogen) atoms. The van der Waals surface area contributed by atoms with Crippen molar-refractivity contribution in [3.8, 4) is 22.8 Å². The zero-order valence-corrected chi connectivity index (χ0v) is 18.2. The van der Waals surface area contributed by atoms with E-state index in [0.717, 1.165) is 24.0 Å². The van der Waals surface area contributed by atoms with Crippen LogP contribution in [0.4, 0.5) is 0 Å². The lowest BCUT2D eigenvalue weighted by Gasteiger charge is -2.13. The lowest BCUT2D eigenvalue weighted by Crippen LogP contribution is -2.02. The number of carbonyl (C=O) groups is 1. The molecule has 0 atom stereocenters. The van der Waals surface area contributed by atoms with Crippen LogP contribution < -0.4 is 9.47 Å². The third-order valence-electron chi connectivity index (χ3n) is 5.36. The van der Waals surface area contributed by atoms with Gasteiger partial charge in [-0.15, -0.1) is 0 Å². The fourth-order valence-electron chi connectivity index (χ4n) is 3.71. The predicted octanol–water partition coefficient (Wildman–Crippen LogP) is 5.93. The van der Waals surface area contributed by atoms with E-state index in [4.69, 9.17) is 9.47 Å². The Labute approximate surface area is 187 Å². The monoisotopic (exact) mass is 427 g/mol. The molecule has 0 aliphatic carbocycles. The fraction of sp³-hybridized carbons (Fsp3) is 0.185. The highest BCUT2D eigenvalue weighted by Gasteiger charge is 2.15. The van der Waals surface area contributed by atoms with E-state index in [9.17, 15) is 9.90 Å². The van der Waals surface area contributed by atoms with Gasteiger partial charge in [-0.2, -0.15) is 0 Å². The van der Waals surface area contributed by atoms with Crippen molar-refractivity contribution in [3.63, 3.8) is 0 Å². The van der Waals surface area contributed by atoms with Gasteiger partial charge >= 0.3 is 5.97 Å². The molecule has 5 nitrogen and oxygen atoms in total. The van der Waals surface area contributed by atoms with Crippen LogP contribution in [0.3, 0.4) is 0 Å². The maximum Gasteiger partial charge on any atom is 0.336 e. The number of aromatic carboxylic acids is 1. The summed E-state index contributed by atoms with van der Waals surface area (Å²) in [5, 5.41) is 10.4. The number of ether oxygens (including phenoxy) is 2. The number of benzene rings is 3. The number of carboxylic acids is 1. The summed E-state index contributed by atoms with van der Waals surface area (Å²) in [5.41, 5.74) is 4.49. The van der Waals surface area contributed by atoms with Crippen molar-refractivity contribution in [1.29, 1.82) is 0 Å². The Bertz CT molecular complexity index is 1250. The van der Waals surface area contributed by atoms with Crippen LogP contribution in [0.2, 0.25) is 0 Å². The van der Waals surface area contributed by atoms with E-state index < -0.39 is 5.97 Å². The number of methoxy groups -OCH3 is 1. The molecule has 4 aromatic rings. The van der Waals surface area contributed by atoms with E-state index in [-0.39, 0.29) is 5.56 Å². The van der Waals surface area contributed by atoms with E-state index >= 15 is 0 Å². The Hall–Kier alpha value is -3.86. The summed E-state index contributed by atoms with van der Waals surface area (Å²) in [6, 6.07) is 23.1. The Morgan fingerprint density at radius 2 is 1.78 bits per heavy atom. The number of pyridine rings is 1. The number of carboxylic acid groups (broad SMARTS) is 1. The molecule has 0 fully saturated rings. The third-order valence-corrected chi connectivity index (χ3v) is 5.36. The normalized spacial score (nSPS) is 10.8. The van der Waals surface area contributed by atoms with E-state index in [2.05, 4.69) is 17.1 Å². The largest absolute Gasteiger partial charge is 0.493 e. The SMILES string of the molecule is COc1cc(-c2cc(C(=O)O)c3cc(C)ccc3n2)ccc1OCCCc1ccccc1. The van der Waals surface area contributed by atoms with Crippen molar-refractivity contribution in [2.75, 3.05) is 13.7 Å². The summed E-state index contributed by atoms with van der Waals surface area (Å²) < 4.78 is 11.5. The molecule has 0 unspecified atom stereocenters. The highest BCUT2D eigenvalue weighted by atomic mass is 16.5. The number of aromatic nitrogens is 1. The predicted molar refractivity (Wildman–Crippen MR) is 126 cm³/mol. The van der Waals surface area contributed by atoms with Crippen LogP contribution in [-0.4, -0.2) is 29.8 Å². The smallest absolute Gasteiger partial charge is 0.336 e. The molecular formula is C27H25NO4. The second-order valence-electron chi connectivity index (χ2n) is 7.68. The number of nitrogens with zero attached hydrogens (tertiary/aromatic N) is 1. The molecule has 1 aromatic heterocycles. The van der Waals surface area contributed by atoms with Gasteiger partial charge in [-0.05, 0) is 61.7 Å². The molecule has 0 aliphatic heterocycles. The average Bonchev–Trinajstić information content (AvgIpc) is 2.81. The van der Waals surface area contributed by atoms with Gasteiger partial charge in [-0.1, -0.05) is 42.0 Å². The Kier molecular flexibility index (Phi) is 6.36. The number of aryl methyl sites for hydroxylation is 2. The van der Waals surface area contributed by atoms with Crippen molar-refractivity contribution >= 4 is 16.9 Å². The van der Waals surface area contributed by atoms with Gasteiger partial charge in [0, 0.05) is 10.9 Å². The number of fused-ring (bicyclic) bond motifs is 1. The molecule has 1 N–H and O–H groups in total. The molecule has 3 aromatic carbocycles. The topological polar surface area (TPSA) is 68.7 Å². The maximum atomic E-state index is 11.9. The van der Waals surface area contributed by atoms with E-state index in [1.165, 1.54) is 5.56 Å². The first-order valence-corrected chi connectivity index (χ1v) is 10.5. The molecule has 0 spiro atoms. The van der Waals surface area contributed by atoms with Gasteiger partial charge in [-0.25, -0.2) is 9.78 Å². The second-order valence-corrected chi connectivity index (χ2v) is 7.68. The highest BCUT2D eigenvalue weighted by molar-refractivity contribution is 6.04. The number of hydrogen-bond acceptors (Lipinski definition) is 4. The molecule has 5 heteroatoms. The van der Waals surface area contributed by atoms with Gasteiger partial charge in [0.25, 0.3) is 0 Å². The van der Waals surface area contributed by atoms with E-state index in [1.807, 2.05) is 61.5 Å². The average molecular weight is 428 g/mol. The fourth-order valence-corrected chi connectivity index (χ4v) is 3.71. The summed E-state index contributed by atoms with van der Waals surface area (Å²) in [6.07, 6.45) is 1.84. The van der Waals surface area contributed by atoms with Crippen LogP contribution >= 0.6 is 0 Å². The molecule has 0 saturated heterocycles. The van der Waals surface area contributed by atoms with Gasteiger partial charge in [0.05, 0.1) is 30.5 Å². The molecule has 0 radical (unpaired) electrons. The quantitative estimate of drug-likeness (QED) is 0.353. The van der Waals surface area contributed by atoms with Gasteiger partial charge < -0.3 is 14.6 Å². The van der Waals surface area contributed by atoms with Gasteiger partial charge in [0.15, 0.2) is 11.5 Å². The van der Waals surface area contributed by atoms with Gasteiger partial charge in [0.2, 0.25) is 0 Å². The van der Waals surface area contributed by atoms with Crippen LogP contribution in [0.5, 0.6) is 11.5 Å². The van der Waals surface area contributed by atoms with Crippen LogP contribution in [0, 0.1) is 6.92 Å². The number of rotatable bonds is 8. The van der Waals surface area contributed by atoms with Crippen LogP contribution in [-0.2, 0) is 6.42 Å². The van der Waals surface area contributed by atoms with Crippen molar-refractivity contribution in [3.05, 3.63) is 89.5 Å². The summed E-state index contributed by atoms with van der Waals surface area (Å²) in [4.78, 5) is 16.5. The molecule has 0 amide bonds. The summed E-state index contributed by atoms with van der Waals surface area (Å²) in [6.45, 7) is 2.50. The maximum absolute atomic E-state index is 11.9. The summed E-state index contributed by atoms with van der Waals surface area (Å²) >= 11 is 0. The van der Waals surface area contributed by atoms with Crippen LogP contribution in [0.1, 0.15) is 27.9 Å². The highest BCUT2D eigenvalue weighted by Crippen LogP contribution is 2.33. The lowest BCUT2D eigenvalue weighted by molar-refractivity contribution is 0.0699. The van der Waals surface area contributed by atoms with Crippen molar-refractivity contribution in [1.82, 2.24) is 4.98 Å².